The standard InChI is InChI=1S/C15H26N2S/c1-12-5-4-8-17(14(12)3)9-7-16-11-15-13(2)6-10-18-15/h6,10,12,14,16H,4-5,7-9,11H2,1-3H3. The second-order valence-electron chi connectivity index (χ2n) is 5.60. The number of rotatable bonds is 5. The topological polar surface area (TPSA) is 15.3 Å². The van der Waals surface area contributed by atoms with Crippen molar-refractivity contribution in [1.82, 2.24) is 10.2 Å². The highest BCUT2D eigenvalue weighted by Crippen LogP contribution is 2.22. The molecule has 1 aliphatic rings. The van der Waals surface area contributed by atoms with E-state index in [0.717, 1.165) is 25.0 Å². The second-order valence-corrected chi connectivity index (χ2v) is 6.60. The van der Waals surface area contributed by atoms with E-state index in [4.69, 9.17) is 0 Å². The normalized spacial score (nSPS) is 25.5. The maximum Gasteiger partial charge on any atom is 0.0302 e. The molecule has 1 fully saturated rings. The quantitative estimate of drug-likeness (QED) is 0.823. The lowest BCUT2D eigenvalue weighted by Gasteiger charge is -2.37. The molecule has 0 aromatic carbocycles. The summed E-state index contributed by atoms with van der Waals surface area (Å²) in [6.45, 7) is 11.6. The van der Waals surface area contributed by atoms with E-state index >= 15 is 0 Å². The Balaban J connectivity index is 1.67. The van der Waals surface area contributed by atoms with Crippen LogP contribution in [-0.4, -0.2) is 30.6 Å². The molecule has 102 valence electrons. The second kappa shape index (κ2) is 6.69. The number of nitrogens with zero attached hydrogens (tertiary/aromatic N) is 1. The molecule has 0 amide bonds. The van der Waals surface area contributed by atoms with E-state index in [9.17, 15) is 0 Å². The number of thiophene rings is 1. The first kappa shape index (κ1) is 14.0. The summed E-state index contributed by atoms with van der Waals surface area (Å²) in [6, 6.07) is 2.96. The monoisotopic (exact) mass is 266 g/mol. The smallest absolute Gasteiger partial charge is 0.0302 e. The predicted octanol–water partition coefficient (Wildman–Crippen LogP) is 3.27. The molecule has 1 saturated heterocycles. The Hall–Kier alpha value is -0.380. The van der Waals surface area contributed by atoms with E-state index < -0.39 is 0 Å². The lowest BCUT2D eigenvalue weighted by Crippen LogP contribution is -2.45. The Bertz CT molecular complexity index is 361. The number of hydrogen-bond acceptors (Lipinski definition) is 3. The summed E-state index contributed by atoms with van der Waals surface area (Å²) >= 11 is 1.86. The van der Waals surface area contributed by atoms with Crippen LogP contribution in [-0.2, 0) is 6.54 Å². The van der Waals surface area contributed by atoms with E-state index in [1.54, 1.807) is 0 Å². The molecule has 0 bridgehead atoms. The molecular weight excluding hydrogens is 240 g/mol. The van der Waals surface area contributed by atoms with Crippen LogP contribution in [0.1, 0.15) is 37.1 Å². The minimum absolute atomic E-state index is 0.754. The molecule has 1 aromatic rings. The fourth-order valence-electron chi connectivity index (χ4n) is 2.75. The molecule has 1 N–H and O–H groups in total. The SMILES string of the molecule is Cc1ccsc1CNCCN1CCCC(C)C1C. The third-order valence-corrected chi connectivity index (χ3v) is 5.36. The van der Waals surface area contributed by atoms with Crippen molar-refractivity contribution in [2.75, 3.05) is 19.6 Å². The highest BCUT2D eigenvalue weighted by molar-refractivity contribution is 7.10. The van der Waals surface area contributed by atoms with Crippen LogP contribution < -0.4 is 5.32 Å². The van der Waals surface area contributed by atoms with E-state index in [1.807, 2.05) is 11.3 Å². The molecule has 2 rings (SSSR count). The largest absolute Gasteiger partial charge is 0.311 e. The zero-order valence-corrected chi connectivity index (χ0v) is 12.7. The molecule has 1 aromatic heterocycles. The van der Waals surface area contributed by atoms with E-state index in [0.29, 0.717) is 0 Å². The van der Waals surface area contributed by atoms with Crippen molar-refractivity contribution in [3.63, 3.8) is 0 Å². The predicted molar refractivity (Wildman–Crippen MR) is 80.2 cm³/mol. The maximum absolute atomic E-state index is 3.58. The van der Waals surface area contributed by atoms with Gasteiger partial charge in [0, 0.05) is 30.6 Å². The number of nitrogens with one attached hydrogen (secondary N) is 1. The lowest BCUT2D eigenvalue weighted by molar-refractivity contribution is 0.115. The van der Waals surface area contributed by atoms with Crippen LogP contribution in [0.5, 0.6) is 0 Å². The summed E-state index contributed by atoms with van der Waals surface area (Å²) < 4.78 is 0. The fourth-order valence-corrected chi connectivity index (χ4v) is 3.62. The van der Waals surface area contributed by atoms with Gasteiger partial charge < -0.3 is 5.32 Å². The average Bonchev–Trinajstić information content (AvgIpc) is 2.76. The third kappa shape index (κ3) is 3.56. The van der Waals surface area contributed by atoms with Gasteiger partial charge in [0.15, 0.2) is 0 Å². The lowest BCUT2D eigenvalue weighted by atomic mass is 9.92. The minimum Gasteiger partial charge on any atom is -0.311 e. The van der Waals surface area contributed by atoms with Crippen LogP contribution in [0.15, 0.2) is 11.4 Å². The molecule has 0 spiro atoms. The van der Waals surface area contributed by atoms with Crippen LogP contribution in [0.4, 0.5) is 0 Å². The highest BCUT2D eigenvalue weighted by Gasteiger charge is 2.23. The Morgan fingerprint density at radius 2 is 2.28 bits per heavy atom. The van der Waals surface area contributed by atoms with Gasteiger partial charge in [-0.3, -0.25) is 4.90 Å². The number of hydrogen-bond donors (Lipinski definition) is 1. The Kier molecular flexibility index (Phi) is 5.22. The molecule has 2 heterocycles. The van der Waals surface area contributed by atoms with Crippen molar-refractivity contribution in [2.45, 2.75) is 46.2 Å². The summed E-state index contributed by atoms with van der Waals surface area (Å²) in [6.07, 6.45) is 2.77. The van der Waals surface area contributed by atoms with Gasteiger partial charge in [0.2, 0.25) is 0 Å². The van der Waals surface area contributed by atoms with E-state index in [1.165, 1.54) is 36.4 Å². The summed E-state index contributed by atoms with van der Waals surface area (Å²) in [5.74, 6) is 0.860. The number of piperidine rings is 1. The minimum atomic E-state index is 0.754. The van der Waals surface area contributed by atoms with Gasteiger partial charge in [-0.05, 0) is 56.2 Å². The molecule has 0 saturated carbocycles. The van der Waals surface area contributed by atoms with Gasteiger partial charge in [-0.15, -0.1) is 11.3 Å². The Morgan fingerprint density at radius 3 is 3.00 bits per heavy atom. The van der Waals surface area contributed by atoms with Crippen molar-refractivity contribution >= 4 is 11.3 Å². The fraction of sp³-hybridized carbons (Fsp3) is 0.733. The van der Waals surface area contributed by atoms with Crippen LogP contribution >= 0.6 is 11.3 Å². The van der Waals surface area contributed by atoms with Crippen molar-refractivity contribution in [3.05, 3.63) is 21.9 Å². The zero-order valence-electron chi connectivity index (χ0n) is 11.9. The summed E-state index contributed by atoms with van der Waals surface area (Å²) in [5, 5.41) is 5.76. The van der Waals surface area contributed by atoms with Gasteiger partial charge in [-0.2, -0.15) is 0 Å². The first-order valence-corrected chi connectivity index (χ1v) is 8.04. The van der Waals surface area contributed by atoms with E-state index in [-0.39, 0.29) is 0 Å². The van der Waals surface area contributed by atoms with Crippen molar-refractivity contribution in [2.24, 2.45) is 5.92 Å². The highest BCUT2D eigenvalue weighted by atomic mass is 32.1. The molecule has 2 atom stereocenters. The average molecular weight is 266 g/mol. The molecular formula is C15H26N2S. The first-order valence-electron chi connectivity index (χ1n) is 7.16. The third-order valence-electron chi connectivity index (χ3n) is 4.33. The van der Waals surface area contributed by atoms with Gasteiger partial charge >= 0.3 is 0 Å². The van der Waals surface area contributed by atoms with Crippen LogP contribution in [0, 0.1) is 12.8 Å². The molecule has 18 heavy (non-hydrogen) atoms. The summed E-state index contributed by atoms with van der Waals surface area (Å²) in [5.41, 5.74) is 1.42. The van der Waals surface area contributed by atoms with Gasteiger partial charge in [0.1, 0.15) is 0 Å². The number of aryl methyl sites for hydroxylation is 1. The van der Waals surface area contributed by atoms with Crippen molar-refractivity contribution < 1.29 is 0 Å². The Labute approximate surface area is 115 Å². The van der Waals surface area contributed by atoms with E-state index in [2.05, 4.69) is 42.4 Å². The van der Waals surface area contributed by atoms with Crippen molar-refractivity contribution in [1.29, 1.82) is 0 Å². The molecule has 2 nitrogen and oxygen atoms in total. The molecule has 2 unspecified atom stereocenters. The summed E-state index contributed by atoms with van der Waals surface area (Å²) in [4.78, 5) is 4.12. The molecule has 0 aliphatic carbocycles. The maximum atomic E-state index is 3.58. The Morgan fingerprint density at radius 1 is 1.44 bits per heavy atom. The molecule has 0 radical (unpaired) electrons. The van der Waals surface area contributed by atoms with Gasteiger partial charge in [-0.1, -0.05) is 6.92 Å². The number of likely N-dealkylation sites (tertiary alicyclic amines) is 1. The molecule has 1 aliphatic heterocycles. The molecule has 3 heteroatoms. The van der Waals surface area contributed by atoms with Crippen molar-refractivity contribution in [3.8, 4) is 0 Å². The first-order chi connectivity index (χ1) is 8.68. The van der Waals surface area contributed by atoms with Gasteiger partial charge in [-0.25, -0.2) is 0 Å². The van der Waals surface area contributed by atoms with Gasteiger partial charge in [0.05, 0.1) is 0 Å². The van der Waals surface area contributed by atoms with Crippen LogP contribution in [0.3, 0.4) is 0 Å². The van der Waals surface area contributed by atoms with Crippen LogP contribution in [0.25, 0.3) is 0 Å². The van der Waals surface area contributed by atoms with Crippen LogP contribution in [0.2, 0.25) is 0 Å². The van der Waals surface area contributed by atoms with Gasteiger partial charge in [0.25, 0.3) is 0 Å². The zero-order chi connectivity index (χ0) is 13.0. The summed E-state index contributed by atoms with van der Waals surface area (Å²) in [7, 11) is 0.